The Morgan fingerprint density at radius 3 is 2.82 bits per heavy atom. The van der Waals surface area contributed by atoms with Gasteiger partial charge in [0.15, 0.2) is 0 Å². The van der Waals surface area contributed by atoms with Crippen LogP contribution in [-0.2, 0) is 11.2 Å². The highest BCUT2D eigenvalue weighted by molar-refractivity contribution is 5.93. The molecule has 4 heteroatoms. The summed E-state index contributed by atoms with van der Waals surface area (Å²) in [7, 11) is 0. The molecule has 0 radical (unpaired) electrons. The number of aromatic carboxylic acids is 1. The lowest BCUT2D eigenvalue weighted by molar-refractivity contribution is -0.115. The van der Waals surface area contributed by atoms with Crippen LogP contribution in [0.4, 0.5) is 0 Å². The van der Waals surface area contributed by atoms with E-state index in [4.69, 9.17) is 5.11 Å². The highest BCUT2D eigenvalue weighted by Gasteiger charge is 2.03. The van der Waals surface area contributed by atoms with E-state index >= 15 is 0 Å². The molecule has 0 bridgehead atoms. The van der Waals surface area contributed by atoms with E-state index in [9.17, 15) is 9.59 Å². The highest BCUT2D eigenvalue weighted by atomic mass is 16.4. The van der Waals surface area contributed by atoms with Crippen molar-refractivity contribution in [3.05, 3.63) is 35.4 Å². The number of carbonyl (C=O) groups is 2. The van der Waals surface area contributed by atoms with E-state index in [1.54, 1.807) is 19.1 Å². The molecule has 0 unspecified atom stereocenters. The summed E-state index contributed by atoms with van der Waals surface area (Å²) in [5.74, 6) is 3.60. The number of amides is 1. The molecule has 1 aromatic rings. The number of hydrogen-bond donors (Lipinski definition) is 2. The van der Waals surface area contributed by atoms with Crippen LogP contribution in [0.2, 0.25) is 0 Å². The third-order valence-electron chi connectivity index (χ3n) is 2.11. The number of hydrogen-bond acceptors (Lipinski definition) is 2. The van der Waals surface area contributed by atoms with Gasteiger partial charge in [0, 0.05) is 6.54 Å². The van der Waals surface area contributed by atoms with Crippen molar-refractivity contribution in [1.29, 1.82) is 0 Å². The monoisotopic (exact) mass is 231 g/mol. The zero-order valence-electron chi connectivity index (χ0n) is 9.49. The summed E-state index contributed by atoms with van der Waals surface area (Å²) < 4.78 is 0. The van der Waals surface area contributed by atoms with Crippen LogP contribution in [-0.4, -0.2) is 23.5 Å². The Bertz CT molecular complexity index is 483. The van der Waals surface area contributed by atoms with Gasteiger partial charge in [-0.2, -0.15) is 0 Å². The molecule has 0 aliphatic carbocycles. The minimum absolute atomic E-state index is 0.252. The lowest BCUT2D eigenvalue weighted by atomic mass is 10.1. The molecule has 0 aliphatic heterocycles. The highest BCUT2D eigenvalue weighted by Crippen LogP contribution is 2.05. The van der Waals surface area contributed by atoms with Crippen LogP contribution < -0.4 is 5.32 Å². The molecule has 0 fully saturated rings. The van der Waals surface area contributed by atoms with Gasteiger partial charge in [0.1, 0.15) is 0 Å². The van der Waals surface area contributed by atoms with E-state index in [1.807, 2.05) is 6.07 Å². The smallest absolute Gasteiger partial charge is 0.335 e. The van der Waals surface area contributed by atoms with Crippen LogP contribution in [0.25, 0.3) is 0 Å². The normalized spacial score (nSPS) is 9.00. The average Bonchev–Trinajstić information content (AvgIpc) is 2.30. The van der Waals surface area contributed by atoms with Crippen molar-refractivity contribution in [1.82, 2.24) is 5.32 Å². The molecule has 1 aromatic carbocycles. The molecule has 88 valence electrons. The maximum absolute atomic E-state index is 11.0. The molecule has 17 heavy (non-hydrogen) atoms. The summed E-state index contributed by atoms with van der Waals surface area (Å²) in [4.78, 5) is 21.8. The van der Waals surface area contributed by atoms with Crippen molar-refractivity contribution < 1.29 is 14.7 Å². The zero-order valence-corrected chi connectivity index (χ0v) is 9.49. The Labute approximate surface area is 99.7 Å². The molecule has 4 nitrogen and oxygen atoms in total. The fourth-order valence-corrected chi connectivity index (χ4v) is 1.34. The number of nitrogens with one attached hydrogen (secondary N) is 1. The molecule has 0 aromatic heterocycles. The van der Waals surface area contributed by atoms with E-state index < -0.39 is 5.97 Å². The summed E-state index contributed by atoms with van der Waals surface area (Å²) in [5, 5.41) is 11.4. The third kappa shape index (κ3) is 4.39. The van der Waals surface area contributed by atoms with Gasteiger partial charge in [-0.15, -0.1) is 0 Å². The summed E-state index contributed by atoms with van der Waals surface area (Å²) >= 11 is 0. The largest absolute Gasteiger partial charge is 0.478 e. The van der Waals surface area contributed by atoms with E-state index in [0.717, 1.165) is 5.56 Å². The molecule has 0 aliphatic rings. The average molecular weight is 231 g/mol. The fraction of sp³-hybridized carbons (Fsp3) is 0.231. The molecule has 0 saturated carbocycles. The van der Waals surface area contributed by atoms with Crippen molar-refractivity contribution in [3.8, 4) is 11.8 Å². The lowest BCUT2D eigenvalue weighted by Crippen LogP contribution is -2.23. The molecule has 0 heterocycles. The predicted octanol–water partition coefficient (Wildman–Crippen LogP) is 1.07. The van der Waals surface area contributed by atoms with Crippen LogP contribution in [0.1, 0.15) is 22.8 Å². The first-order valence-corrected chi connectivity index (χ1v) is 5.16. The lowest BCUT2D eigenvalue weighted by Gasteiger charge is -2.03. The second-order valence-electron chi connectivity index (χ2n) is 3.39. The van der Waals surface area contributed by atoms with Crippen LogP contribution in [0.5, 0.6) is 0 Å². The Hall–Kier alpha value is -2.28. The maximum Gasteiger partial charge on any atom is 0.335 e. The Kier molecular flexibility index (Phi) is 4.77. The summed E-state index contributed by atoms with van der Waals surface area (Å²) in [6, 6.07) is 6.64. The van der Waals surface area contributed by atoms with E-state index in [0.29, 0.717) is 13.0 Å². The number of benzene rings is 1. The van der Waals surface area contributed by atoms with Crippen LogP contribution in [0.3, 0.4) is 0 Å². The van der Waals surface area contributed by atoms with E-state index in [2.05, 4.69) is 17.2 Å². The molecule has 1 amide bonds. The van der Waals surface area contributed by atoms with Crippen molar-refractivity contribution >= 4 is 11.9 Å². The van der Waals surface area contributed by atoms with Gasteiger partial charge >= 0.3 is 5.97 Å². The SMILES string of the molecule is CC#CC(=O)NCCc1cccc(C(=O)O)c1. The Morgan fingerprint density at radius 1 is 1.41 bits per heavy atom. The number of carbonyl (C=O) groups excluding carboxylic acids is 1. The molecule has 1 rings (SSSR count). The first-order chi connectivity index (χ1) is 8.13. The van der Waals surface area contributed by atoms with Crippen molar-refractivity contribution in [2.24, 2.45) is 0 Å². The summed E-state index contributed by atoms with van der Waals surface area (Å²) in [6.45, 7) is 2.03. The van der Waals surface area contributed by atoms with E-state index in [-0.39, 0.29) is 11.5 Å². The van der Waals surface area contributed by atoms with Gasteiger partial charge in [-0.05, 0) is 37.0 Å². The van der Waals surface area contributed by atoms with Crippen LogP contribution >= 0.6 is 0 Å². The van der Waals surface area contributed by atoms with Gasteiger partial charge in [0.2, 0.25) is 0 Å². The molecule has 0 saturated heterocycles. The topological polar surface area (TPSA) is 66.4 Å². The van der Waals surface area contributed by atoms with Crippen LogP contribution in [0.15, 0.2) is 24.3 Å². The van der Waals surface area contributed by atoms with Gasteiger partial charge in [-0.25, -0.2) is 4.79 Å². The number of carboxylic acid groups (broad SMARTS) is 1. The molecular weight excluding hydrogens is 218 g/mol. The van der Waals surface area contributed by atoms with Crippen LogP contribution in [0, 0.1) is 11.8 Å². The molecule has 2 N–H and O–H groups in total. The molecule has 0 atom stereocenters. The minimum Gasteiger partial charge on any atom is -0.478 e. The first-order valence-electron chi connectivity index (χ1n) is 5.16. The Morgan fingerprint density at radius 2 is 2.18 bits per heavy atom. The van der Waals surface area contributed by atoms with Crippen molar-refractivity contribution in [2.45, 2.75) is 13.3 Å². The second kappa shape index (κ2) is 6.33. The quantitative estimate of drug-likeness (QED) is 0.762. The second-order valence-corrected chi connectivity index (χ2v) is 3.39. The van der Waals surface area contributed by atoms with Gasteiger partial charge in [-0.1, -0.05) is 18.1 Å². The third-order valence-corrected chi connectivity index (χ3v) is 2.11. The number of carboxylic acids is 1. The summed E-state index contributed by atoms with van der Waals surface area (Å²) in [6.07, 6.45) is 0.582. The first kappa shape index (κ1) is 12.8. The number of rotatable bonds is 4. The fourth-order valence-electron chi connectivity index (χ4n) is 1.34. The Balaban J connectivity index is 2.51. The standard InChI is InChI=1S/C13H13NO3/c1-2-4-12(15)14-8-7-10-5-3-6-11(9-10)13(16)17/h3,5-6,9H,7-8H2,1H3,(H,14,15)(H,16,17). The van der Waals surface area contributed by atoms with Gasteiger partial charge in [0.25, 0.3) is 5.91 Å². The zero-order chi connectivity index (χ0) is 12.7. The van der Waals surface area contributed by atoms with Gasteiger partial charge < -0.3 is 10.4 Å². The van der Waals surface area contributed by atoms with Gasteiger partial charge in [-0.3, -0.25) is 4.79 Å². The summed E-state index contributed by atoms with van der Waals surface area (Å²) in [5.41, 5.74) is 1.12. The maximum atomic E-state index is 11.0. The van der Waals surface area contributed by atoms with Gasteiger partial charge in [0.05, 0.1) is 5.56 Å². The van der Waals surface area contributed by atoms with E-state index in [1.165, 1.54) is 6.07 Å². The molecular formula is C13H13NO3. The molecule has 0 spiro atoms. The van der Waals surface area contributed by atoms with Crippen molar-refractivity contribution in [3.63, 3.8) is 0 Å². The minimum atomic E-state index is -0.951. The predicted molar refractivity (Wildman–Crippen MR) is 63.6 cm³/mol. The van der Waals surface area contributed by atoms with Crippen molar-refractivity contribution in [2.75, 3.05) is 6.54 Å².